The van der Waals surface area contributed by atoms with Crippen LogP contribution >= 0.6 is 11.3 Å². The Balaban J connectivity index is 1.64. The van der Waals surface area contributed by atoms with Crippen molar-refractivity contribution in [2.75, 3.05) is 22.4 Å². The average molecular weight is 485 g/mol. The summed E-state index contributed by atoms with van der Waals surface area (Å²) in [6.07, 6.45) is 0. The summed E-state index contributed by atoms with van der Waals surface area (Å²) >= 11 is 0.964. The molecule has 10 nitrogen and oxygen atoms in total. The third kappa shape index (κ3) is 5.02. The molecule has 4 N–H and O–H groups in total. The van der Waals surface area contributed by atoms with Gasteiger partial charge in [0.2, 0.25) is 17.7 Å². The lowest BCUT2D eigenvalue weighted by Crippen LogP contribution is -2.11. The van der Waals surface area contributed by atoms with E-state index in [4.69, 9.17) is 10.5 Å². The molecular weight excluding hydrogens is 464 g/mol. The Kier molecular flexibility index (Phi) is 6.11. The third-order valence-electron chi connectivity index (χ3n) is 4.36. The number of carbonyl (C=O) groups excluding carboxylic acids is 1. The molecule has 1 amide bonds. The number of benzene rings is 1. The fourth-order valence-electron chi connectivity index (χ4n) is 3.06. The summed E-state index contributed by atoms with van der Waals surface area (Å²) < 4.78 is 33.8. The molecule has 0 spiro atoms. The van der Waals surface area contributed by atoms with Gasteiger partial charge in [-0.05, 0) is 43.3 Å². The van der Waals surface area contributed by atoms with Gasteiger partial charge < -0.3 is 15.8 Å². The molecular formula is C21H20N6O4S2. The normalized spacial score (nSPS) is 11.3. The van der Waals surface area contributed by atoms with E-state index in [0.29, 0.717) is 39.6 Å². The fraction of sp³-hybridized carbons (Fsp3) is 0.143. The average Bonchev–Trinajstić information content (AvgIpc) is 3.22. The van der Waals surface area contributed by atoms with Crippen LogP contribution in [0, 0.1) is 0 Å². The van der Waals surface area contributed by atoms with Crippen molar-refractivity contribution in [1.82, 2.24) is 15.0 Å². The maximum absolute atomic E-state index is 12.8. The lowest BCUT2D eigenvalue weighted by Gasteiger charge is -2.10. The predicted octanol–water partition coefficient (Wildman–Crippen LogP) is 3.49. The largest absolute Gasteiger partial charge is 0.476 e. The van der Waals surface area contributed by atoms with Gasteiger partial charge in [-0.1, -0.05) is 12.1 Å². The van der Waals surface area contributed by atoms with Crippen molar-refractivity contribution in [2.45, 2.75) is 18.1 Å². The highest BCUT2D eigenvalue weighted by Gasteiger charge is 2.18. The molecule has 4 rings (SSSR count). The maximum Gasteiger partial charge on any atom is 0.271 e. The standard InChI is InChI=1S/C21H20N6O4S2/c1-3-31-20-19-16(25-21(22)26-20)8-7-15(24-19)13-5-4-6-14(11-13)27-33(29,30)18-10-9-17(32-18)23-12(2)28/h4-11,27H,3H2,1-2H3,(H,23,28)(H2,22,25,26). The second kappa shape index (κ2) is 9.00. The van der Waals surface area contributed by atoms with Crippen LogP contribution in [0.1, 0.15) is 13.8 Å². The van der Waals surface area contributed by atoms with E-state index >= 15 is 0 Å². The Labute approximate surface area is 193 Å². The second-order valence-corrected chi connectivity index (χ2v) is 9.86. The van der Waals surface area contributed by atoms with E-state index in [0.717, 1.165) is 11.3 Å². The van der Waals surface area contributed by atoms with Crippen LogP contribution in [0.15, 0.2) is 52.7 Å². The van der Waals surface area contributed by atoms with Crippen LogP contribution in [0.3, 0.4) is 0 Å². The van der Waals surface area contributed by atoms with E-state index in [9.17, 15) is 13.2 Å². The summed E-state index contributed by atoms with van der Waals surface area (Å²) in [4.78, 5) is 24.1. The minimum atomic E-state index is -3.84. The van der Waals surface area contributed by atoms with Crippen LogP contribution in [-0.2, 0) is 14.8 Å². The molecule has 170 valence electrons. The van der Waals surface area contributed by atoms with E-state index in [-0.39, 0.29) is 21.9 Å². The van der Waals surface area contributed by atoms with Gasteiger partial charge in [0.05, 0.1) is 22.8 Å². The number of anilines is 3. The van der Waals surface area contributed by atoms with E-state index < -0.39 is 10.0 Å². The summed E-state index contributed by atoms with van der Waals surface area (Å²) in [7, 11) is -3.84. The third-order valence-corrected chi connectivity index (χ3v) is 7.24. The predicted molar refractivity (Wildman–Crippen MR) is 128 cm³/mol. The number of nitrogens with one attached hydrogen (secondary N) is 2. The summed E-state index contributed by atoms with van der Waals surface area (Å²) in [6.45, 7) is 3.58. The number of ether oxygens (including phenoxy) is 1. The maximum atomic E-state index is 12.8. The first-order valence-corrected chi connectivity index (χ1v) is 12.1. The molecule has 0 saturated heterocycles. The van der Waals surface area contributed by atoms with Crippen molar-refractivity contribution in [3.63, 3.8) is 0 Å². The number of nitrogens with zero attached hydrogens (tertiary/aromatic N) is 3. The molecule has 0 unspecified atom stereocenters. The van der Waals surface area contributed by atoms with Gasteiger partial charge in [-0.15, -0.1) is 11.3 Å². The number of pyridine rings is 1. The van der Waals surface area contributed by atoms with Gasteiger partial charge >= 0.3 is 0 Å². The number of sulfonamides is 1. The van der Waals surface area contributed by atoms with Gasteiger partial charge in [-0.2, -0.15) is 4.98 Å². The lowest BCUT2D eigenvalue weighted by atomic mass is 10.1. The van der Waals surface area contributed by atoms with Gasteiger partial charge in [-0.25, -0.2) is 18.4 Å². The first kappa shape index (κ1) is 22.4. The first-order chi connectivity index (χ1) is 15.7. The molecule has 0 atom stereocenters. The van der Waals surface area contributed by atoms with Gasteiger partial charge in [-0.3, -0.25) is 9.52 Å². The van der Waals surface area contributed by atoms with E-state index in [1.165, 1.54) is 13.0 Å². The minimum Gasteiger partial charge on any atom is -0.476 e. The number of fused-ring (bicyclic) bond motifs is 1. The molecule has 4 aromatic rings. The molecule has 0 aliphatic carbocycles. The fourth-order valence-corrected chi connectivity index (χ4v) is 5.36. The molecule has 0 aliphatic heterocycles. The van der Waals surface area contributed by atoms with E-state index in [1.54, 1.807) is 36.4 Å². The highest BCUT2D eigenvalue weighted by Crippen LogP contribution is 2.30. The number of nitrogen functional groups attached to an aromatic ring is 1. The number of rotatable bonds is 7. The van der Waals surface area contributed by atoms with E-state index in [2.05, 4.69) is 25.0 Å². The van der Waals surface area contributed by atoms with Crippen molar-refractivity contribution < 1.29 is 17.9 Å². The van der Waals surface area contributed by atoms with Crippen molar-refractivity contribution in [3.05, 3.63) is 48.5 Å². The van der Waals surface area contributed by atoms with Crippen LogP contribution in [0.2, 0.25) is 0 Å². The first-order valence-electron chi connectivity index (χ1n) is 9.83. The Morgan fingerprint density at radius 3 is 2.70 bits per heavy atom. The monoisotopic (exact) mass is 484 g/mol. The molecule has 0 radical (unpaired) electrons. The SMILES string of the molecule is CCOc1nc(N)nc2ccc(-c3cccc(NS(=O)(=O)c4ccc(NC(C)=O)s4)c3)nc12. The minimum absolute atomic E-state index is 0.0802. The zero-order valence-electron chi connectivity index (χ0n) is 17.7. The summed E-state index contributed by atoms with van der Waals surface area (Å²) in [6, 6.07) is 13.3. The molecule has 1 aromatic carbocycles. The summed E-state index contributed by atoms with van der Waals surface area (Å²) in [5.74, 6) is 0.100. The van der Waals surface area contributed by atoms with Gasteiger partial charge in [0.1, 0.15) is 4.21 Å². The Morgan fingerprint density at radius 1 is 1.12 bits per heavy atom. The van der Waals surface area contributed by atoms with Crippen LogP contribution < -0.4 is 20.5 Å². The number of nitrogens with two attached hydrogens (primary N) is 1. The number of amides is 1. The second-order valence-electron chi connectivity index (χ2n) is 6.87. The van der Waals surface area contributed by atoms with Crippen LogP contribution in [0.25, 0.3) is 22.3 Å². The van der Waals surface area contributed by atoms with Gasteiger partial charge in [0.25, 0.3) is 10.0 Å². The molecule has 0 fully saturated rings. The highest BCUT2D eigenvalue weighted by molar-refractivity contribution is 7.94. The smallest absolute Gasteiger partial charge is 0.271 e. The van der Waals surface area contributed by atoms with Crippen molar-refractivity contribution in [3.8, 4) is 17.1 Å². The molecule has 0 saturated carbocycles. The quantitative estimate of drug-likeness (QED) is 0.361. The topological polar surface area (TPSA) is 149 Å². The summed E-state index contributed by atoms with van der Waals surface area (Å²) in [5, 5.41) is 3.02. The number of hydrogen-bond acceptors (Lipinski definition) is 9. The number of carbonyl (C=O) groups is 1. The highest BCUT2D eigenvalue weighted by atomic mass is 32.2. The Hall–Kier alpha value is -3.77. The molecule has 33 heavy (non-hydrogen) atoms. The molecule has 0 aliphatic rings. The zero-order chi connectivity index (χ0) is 23.6. The molecule has 12 heteroatoms. The van der Waals surface area contributed by atoms with Gasteiger partial charge in [0, 0.05) is 18.2 Å². The van der Waals surface area contributed by atoms with Crippen LogP contribution in [-0.4, -0.2) is 35.9 Å². The van der Waals surface area contributed by atoms with Crippen LogP contribution in [0.5, 0.6) is 5.88 Å². The van der Waals surface area contributed by atoms with Crippen molar-refractivity contribution >= 4 is 54.9 Å². The number of thiophene rings is 1. The zero-order valence-corrected chi connectivity index (χ0v) is 19.3. The van der Waals surface area contributed by atoms with Gasteiger partial charge in [0.15, 0.2) is 5.52 Å². The Morgan fingerprint density at radius 2 is 1.94 bits per heavy atom. The van der Waals surface area contributed by atoms with Crippen molar-refractivity contribution in [1.29, 1.82) is 0 Å². The molecule has 3 aromatic heterocycles. The molecule has 3 heterocycles. The van der Waals surface area contributed by atoms with Crippen LogP contribution in [0.4, 0.5) is 16.6 Å². The van der Waals surface area contributed by atoms with E-state index in [1.807, 2.05) is 13.0 Å². The number of aromatic nitrogens is 3. The number of hydrogen-bond donors (Lipinski definition) is 3. The summed E-state index contributed by atoms with van der Waals surface area (Å²) in [5.41, 5.74) is 8.37. The molecule has 0 bridgehead atoms. The lowest BCUT2D eigenvalue weighted by molar-refractivity contribution is -0.114. The van der Waals surface area contributed by atoms with Crippen molar-refractivity contribution in [2.24, 2.45) is 0 Å². The Bertz CT molecular complexity index is 1450.